The van der Waals surface area contributed by atoms with Crippen molar-refractivity contribution < 1.29 is 22.7 Å². The number of sulfonamides is 1. The number of nitrogens with two attached hydrogens (primary N) is 1. The number of carbonyl (C=O) groups is 2. The first-order valence-corrected chi connectivity index (χ1v) is 8.58. The number of benzene rings is 1. The summed E-state index contributed by atoms with van der Waals surface area (Å²) in [4.78, 5) is 22.7. The van der Waals surface area contributed by atoms with Crippen LogP contribution in [-0.4, -0.2) is 57.4 Å². The Morgan fingerprint density at radius 3 is 2.57 bits per heavy atom. The van der Waals surface area contributed by atoms with E-state index in [4.69, 9.17) is 22.1 Å². The molecule has 2 amide bonds. The minimum atomic E-state index is -3.74. The van der Waals surface area contributed by atoms with Crippen molar-refractivity contribution in [3.63, 3.8) is 0 Å². The van der Waals surface area contributed by atoms with Crippen LogP contribution >= 0.6 is 11.6 Å². The first kappa shape index (κ1) is 17.7. The van der Waals surface area contributed by atoms with Gasteiger partial charge in [-0.2, -0.15) is 4.31 Å². The lowest BCUT2D eigenvalue weighted by molar-refractivity contribution is -0.117. The molecule has 10 heteroatoms. The van der Waals surface area contributed by atoms with Crippen molar-refractivity contribution in [1.29, 1.82) is 0 Å². The van der Waals surface area contributed by atoms with Crippen molar-refractivity contribution in [3.8, 4) is 0 Å². The number of amides is 2. The zero-order valence-electron chi connectivity index (χ0n) is 12.1. The second-order valence-electron chi connectivity index (χ2n) is 4.81. The Bertz CT molecular complexity index is 716. The molecule has 0 atom stereocenters. The number of nitrogens with zero attached hydrogens (tertiary/aromatic N) is 1. The summed E-state index contributed by atoms with van der Waals surface area (Å²) >= 11 is 5.94. The standard InChI is InChI=1S/C13H16ClN3O5S/c14-11-2-1-9(7-10(11)13(19)16-8-12(15)18)23(20,21)17-3-5-22-6-4-17/h1-2,7H,3-6,8H2,(H2,15,18)(H,16,19). The molecule has 8 nitrogen and oxygen atoms in total. The Morgan fingerprint density at radius 2 is 1.96 bits per heavy atom. The summed E-state index contributed by atoms with van der Waals surface area (Å²) in [5.41, 5.74) is 4.91. The highest BCUT2D eigenvalue weighted by Crippen LogP contribution is 2.23. The maximum Gasteiger partial charge on any atom is 0.253 e. The Labute approximate surface area is 138 Å². The molecule has 1 aromatic carbocycles. The van der Waals surface area contributed by atoms with E-state index in [-0.39, 0.29) is 35.1 Å². The van der Waals surface area contributed by atoms with Crippen LogP contribution in [0.25, 0.3) is 0 Å². The molecule has 2 rings (SSSR count). The van der Waals surface area contributed by atoms with Crippen molar-refractivity contribution in [2.24, 2.45) is 5.73 Å². The molecule has 0 radical (unpaired) electrons. The molecule has 0 saturated carbocycles. The molecule has 126 valence electrons. The third kappa shape index (κ3) is 4.20. The molecule has 1 aromatic rings. The normalized spacial score (nSPS) is 16.0. The van der Waals surface area contributed by atoms with Crippen LogP contribution in [-0.2, 0) is 19.6 Å². The molecule has 1 aliphatic rings. The molecular formula is C13H16ClN3O5S. The average molecular weight is 362 g/mol. The van der Waals surface area contributed by atoms with Crippen LogP contribution in [0.4, 0.5) is 0 Å². The van der Waals surface area contributed by atoms with E-state index in [2.05, 4.69) is 5.32 Å². The molecule has 1 aliphatic heterocycles. The van der Waals surface area contributed by atoms with Crippen LogP contribution in [0.2, 0.25) is 5.02 Å². The number of nitrogens with one attached hydrogen (secondary N) is 1. The van der Waals surface area contributed by atoms with Crippen LogP contribution in [0, 0.1) is 0 Å². The van der Waals surface area contributed by atoms with Crippen LogP contribution in [0.1, 0.15) is 10.4 Å². The lowest BCUT2D eigenvalue weighted by Gasteiger charge is -2.26. The number of halogens is 1. The number of hydrogen-bond donors (Lipinski definition) is 2. The van der Waals surface area contributed by atoms with Gasteiger partial charge in [-0.1, -0.05) is 11.6 Å². The number of rotatable bonds is 5. The van der Waals surface area contributed by atoms with Gasteiger partial charge in [0, 0.05) is 13.1 Å². The minimum absolute atomic E-state index is 0.0396. The topological polar surface area (TPSA) is 119 Å². The van der Waals surface area contributed by atoms with Gasteiger partial charge in [-0.3, -0.25) is 9.59 Å². The van der Waals surface area contributed by atoms with Gasteiger partial charge in [-0.25, -0.2) is 8.42 Å². The number of hydrogen-bond acceptors (Lipinski definition) is 5. The molecule has 0 unspecified atom stereocenters. The van der Waals surface area contributed by atoms with Crippen molar-refractivity contribution in [1.82, 2.24) is 9.62 Å². The summed E-state index contributed by atoms with van der Waals surface area (Å²) in [5.74, 6) is -1.39. The Morgan fingerprint density at radius 1 is 1.30 bits per heavy atom. The maximum atomic E-state index is 12.6. The SMILES string of the molecule is NC(=O)CNC(=O)c1cc(S(=O)(=O)N2CCOCC2)ccc1Cl. The largest absolute Gasteiger partial charge is 0.379 e. The summed E-state index contributed by atoms with van der Waals surface area (Å²) < 4.78 is 31.5. The highest BCUT2D eigenvalue weighted by atomic mass is 35.5. The van der Waals surface area contributed by atoms with Crippen LogP contribution in [0.15, 0.2) is 23.1 Å². The van der Waals surface area contributed by atoms with Crippen LogP contribution in [0.3, 0.4) is 0 Å². The first-order chi connectivity index (χ1) is 10.8. The predicted molar refractivity (Wildman–Crippen MR) is 82.6 cm³/mol. The van der Waals surface area contributed by atoms with E-state index in [0.29, 0.717) is 13.2 Å². The average Bonchev–Trinajstić information content (AvgIpc) is 2.53. The van der Waals surface area contributed by atoms with Gasteiger partial charge in [0.1, 0.15) is 0 Å². The lowest BCUT2D eigenvalue weighted by Crippen LogP contribution is -2.40. The van der Waals surface area contributed by atoms with Crippen molar-refractivity contribution in [2.75, 3.05) is 32.8 Å². The van der Waals surface area contributed by atoms with Gasteiger partial charge >= 0.3 is 0 Å². The Balaban J connectivity index is 2.28. The van der Waals surface area contributed by atoms with Crippen molar-refractivity contribution >= 4 is 33.4 Å². The fourth-order valence-electron chi connectivity index (χ4n) is 2.04. The first-order valence-electron chi connectivity index (χ1n) is 6.76. The van der Waals surface area contributed by atoms with Gasteiger partial charge in [0.2, 0.25) is 15.9 Å². The third-order valence-electron chi connectivity index (χ3n) is 3.21. The summed E-state index contributed by atoms with van der Waals surface area (Å²) in [7, 11) is -3.74. The summed E-state index contributed by atoms with van der Waals surface area (Å²) in [6.07, 6.45) is 0. The number of primary amides is 1. The smallest absolute Gasteiger partial charge is 0.253 e. The van der Waals surface area contributed by atoms with E-state index in [1.54, 1.807) is 0 Å². The fraction of sp³-hybridized carbons (Fsp3) is 0.385. The van der Waals surface area contributed by atoms with Crippen LogP contribution in [0.5, 0.6) is 0 Å². The van der Waals surface area contributed by atoms with Gasteiger partial charge in [0.15, 0.2) is 0 Å². The molecule has 1 heterocycles. The fourth-order valence-corrected chi connectivity index (χ4v) is 3.68. The molecule has 0 spiro atoms. The highest BCUT2D eigenvalue weighted by Gasteiger charge is 2.27. The van der Waals surface area contributed by atoms with Crippen LogP contribution < -0.4 is 11.1 Å². The number of morpholine rings is 1. The third-order valence-corrected chi connectivity index (χ3v) is 5.44. The maximum absolute atomic E-state index is 12.6. The number of carbonyl (C=O) groups excluding carboxylic acids is 2. The molecule has 0 aromatic heterocycles. The van der Waals surface area contributed by atoms with E-state index in [9.17, 15) is 18.0 Å². The summed E-state index contributed by atoms with van der Waals surface area (Å²) in [6.45, 7) is 0.759. The summed E-state index contributed by atoms with van der Waals surface area (Å²) in [5, 5.41) is 2.35. The molecule has 23 heavy (non-hydrogen) atoms. The van der Waals surface area contributed by atoms with E-state index in [0.717, 1.165) is 0 Å². The quantitative estimate of drug-likeness (QED) is 0.738. The highest BCUT2D eigenvalue weighted by molar-refractivity contribution is 7.89. The number of ether oxygens (including phenoxy) is 1. The van der Waals surface area contributed by atoms with E-state index >= 15 is 0 Å². The van der Waals surface area contributed by atoms with Gasteiger partial charge in [0.05, 0.1) is 35.2 Å². The lowest BCUT2D eigenvalue weighted by atomic mass is 10.2. The predicted octanol–water partition coefficient (Wildman–Crippen LogP) is -0.424. The molecule has 1 saturated heterocycles. The monoisotopic (exact) mass is 361 g/mol. The second-order valence-corrected chi connectivity index (χ2v) is 7.15. The molecule has 0 aliphatic carbocycles. The van der Waals surface area contributed by atoms with E-state index < -0.39 is 21.8 Å². The van der Waals surface area contributed by atoms with E-state index in [1.165, 1.54) is 22.5 Å². The Hall–Kier alpha value is -1.68. The Kier molecular flexibility index (Phi) is 5.58. The van der Waals surface area contributed by atoms with Crippen molar-refractivity contribution in [2.45, 2.75) is 4.90 Å². The van der Waals surface area contributed by atoms with Gasteiger partial charge in [-0.05, 0) is 18.2 Å². The summed E-state index contributed by atoms with van der Waals surface area (Å²) in [6, 6.07) is 3.84. The van der Waals surface area contributed by atoms with Gasteiger partial charge < -0.3 is 15.8 Å². The molecule has 0 bridgehead atoms. The zero-order chi connectivity index (χ0) is 17.0. The zero-order valence-corrected chi connectivity index (χ0v) is 13.7. The molecule has 1 fully saturated rings. The second kappa shape index (κ2) is 7.26. The van der Waals surface area contributed by atoms with Gasteiger partial charge in [0.25, 0.3) is 5.91 Å². The van der Waals surface area contributed by atoms with Crippen molar-refractivity contribution in [3.05, 3.63) is 28.8 Å². The van der Waals surface area contributed by atoms with Gasteiger partial charge in [-0.15, -0.1) is 0 Å². The molecular weight excluding hydrogens is 346 g/mol. The molecule has 3 N–H and O–H groups in total. The minimum Gasteiger partial charge on any atom is -0.379 e. The van der Waals surface area contributed by atoms with E-state index in [1.807, 2.05) is 0 Å².